The summed E-state index contributed by atoms with van der Waals surface area (Å²) >= 11 is 0. The minimum absolute atomic E-state index is 0.162. The third-order valence-corrected chi connectivity index (χ3v) is 1.31. The zero-order valence-electron chi connectivity index (χ0n) is 7.11. The van der Waals surface area contributed by atoms with Crippen LogP contribution in [-0.4, -0.2) is 30.1 Å². The van der Waals surface area contributed by atoms with Gasteiger partial charge in [0.2, 0.25) is 5.91 Å². The maximum absolute atomic E-state index is 11.8. The van der Waals surface area contributed by atoms with Gasteiger partial charge in [0, 0.05) is 13.5 Å². The Balaban J connectivity index is 4.05. The monoisotopic (exact) mass is 183 g/mol. The maximum atomic E-state index is 11.8. The van der Waals surface area contributed by atoms with Gasteiger partial charge in [-0.05, 0) is 6.42 Å². The molecule has 0 saturated carbocycles. The number of hydrogen-bond donors (Lipinski definition) is 0. The molecule has 0 bridgehead atoms. The van der Waals surface area contributed by atoms with Crippen LogP contribution >= 0.6 is 0 Å². The van der Waals surface area contributed by atoms with Gasteiger partial charge < -0.3 is 4.90 Å². The normalized spacial score (nSPS) is 11.4. The van der Waals surface area contributed by atoms with Gasteiger partial charge in [-0.2, -0.15) is 13.2 Å². The molecule has 0 atom stereocenters. The molecule has 0 N–H and O–H groups in total. The third-order valence-electron chi connectivity index (χ3n) is 1.31. The molecule has 0 radical (unpaired) electrons. The Morgan fingerprint density at radius 2 is 1.92 bits per heavy atom. The van der Waals surface area contributed by atoms with Crippen molar-refractivity contribution >= 4 is 5.91 Å². The van der Waals surface area contributed by atoms with Crippen molar-refractivity contribution in [1.82, 2.24) is 4.90 Å². The molecule has 0 unspecified atom stereocenters. The van der Waals surface area contributed by atoms with Gasteiger partial charge in [-0.1, -0.05) is 6.92 Å². The lowest BCUT2D eigenvalue weighted by molar-refractivity contribution is -0.159. The number of carbonyl (C=O) groups excluding carboxylic acids is 1. The van der Waals surface area contributed by atoms with Crippen molar-refractivity contribution in [2.75, 3.05) is 13.1 Å². The van der Waals surface area contributed by atoms with E-state index in [1.165, 1.54) is 0 Å². The molecule has 0 saturated heterocycles. The van der Waals surface area contributed by atoms with Crippen molar-refractivity contribution in [1.29, 1.82) is 0 Å². The average Bonchev–Trinajstić information content (AvgIpc) is 1.83. The van der Waals surface area contributed by atoms with Crippen LogP contribution in [0.4, 0.5) is 13.2 Å². The molecule has 0 heterocycles. The predicted molar refractivity (Wildman–Crippen MR) is 38.6 cm³/mol. The second kappa shape index (κ2) is 4.33. The minimum Gasteiger partial charge on any atom is -0.334 e. The van der Waals surface area contributed by atoms with Crippen LogP contribution in [0.5, 0.6) is 0 Å². The van der Waals surface area contributed by atoms with E-state index in [0.717, 1.165) is 11.8 Å². The average molecular weight is 183 g/mol. The van der Waals surface area contributed by atoms with Crippen LogP contribution in [0.25, 0.3) is 0 Å². The summed E-state index contributed by atoms with van der Waals surface area (Å²) in [6.45, 7) is 1.89. The van der Waals surface area contributed by atoms with Crippen LogP contribution in [0, 0.1) is 0 Å². The number of amides is 1. The molecule has 72 valence electrons. The molecule has 0 aromatic heterocycles. The molecule has 1 amide bonds. The number of alkyl halides is 3. The number of hydrogen-bond acceptors (Lipinski definition) is 1. The molecular weight excluding hydrogens is 171 g/mol. The van der Waals surface area contributed by atoms with E-state index in [0.29, 0.717) is 6.42 Å². The van der Waals surface area contributed by atoms with E-state index in [-0.39, 0.29) is 6.54 Å². The standard InChI is InChI=1S/C7H12F3NO/c1-3-4-11(6(2)12)5-7(8,9)10/h3-5H2,1-2H3. The zero-order valence-corrected chi connectivity index (χ0v) is 7.11. The van der Waals surface area contributed by atoms with E-state index in [9.17, 15) is 18.0 Å². The lowest BCUT2D eigenvalue weighted by Gasteiger charge is -2.21. The Kier molecular flexibility index (Phi) is 4.06. The summed E-state index contributed by atoms with van der Waals surface area (Å²) in [6, 6.07) is 0. The summed E-state index contributed by atoms with van der Waals surface area (Å²) in [7, 11) is 0. The van der Waals surface area contributed by atoms with Crippen molar-refractivity contribution in [3.63, 3.8) is 0 Å². The highest BCUT2D eigenvalue weighted by Gasteiger charge is 2.31. The van der Waals surface area contributed by atoms with Crippen LogP contribution in [0.3, 0.4) is 0 Å². The second-order valence-electron chi connectivity index (χ2n) is 2.56. The highest BCUT2D eigenvalue weighted by molar-refractivity contribution is 5.73. The van der Waals surface area contributed by atoms with Gasteiger partial charge in [-0.15, -0.1) is 0 Å². The van der Waals surface area contributed by atoms with Gasteiger partial charge >= 0.3 is 6.18 Å². The topological polar surface area (TPSA) is 20.3 Å². The fourth-order valence-electron chi connectivity index (χ4n) is 0.834. The first-order valence-electron chi connectivity index (χ1n) is 3.69. The molecule has 0 aromatic carbocycles. The Hall–Kier alpha value is -0.740. The van der Waals surface area contributed by atoms with Crippen LogP contribution in [-0.2, 0) is 4.79 Å². The highest BCUT2D eigenvalue weighted by atomic mass is 19.4. The first-order chi connectivity index (χ1) is 5.37. The highest BCUT2D eigenvalue weighted by Crippen LogP contribution is 2.16. The third kappa shape index (κ3) is 4.98. The summed E-state index contributed by atoms with van der Waals surface area (Å²) in [5.41, 5.74) is 0. The zero-order chi connectivity index (χ0) is 9.78. The van der Waals surface area contributed by atoms with Crippen molar-refractivity contribution in [3.05, 3.63) is 0 Å². The molecule has 0 spiro atoms. The van der Waals surface area contributed by atoms with E-state index < -0.39 is 18.6 Å². The Morgan fingerprint density at radius 3 is 2.17 bits per heavy atom. The summed E-state index contributed by atoms with van der Waals surface area (Å²) in [6.07, 6.45) is -3.75. The first kappa shape index (κ1) is 11.3. The van der Waals surface area contributed by atoms with E-state index in [4.69, 9.17) is 0 Å². The van der Waals surface area contributed by atoms with Crippen LogP contribution in [0.15, 0.2) is 0 Å². The Labute approximate surface area is 69.3 Å². The summed E-state index contributed by atoms with van der Waals surface area (Å²) < 4.78 is 35.4. The van der Waals surface area contributed by atoms with Crippen molar-refractivity contribution in [2.24, 2.45) is 0 Å². The number of carbonyl (C=O) groups is 1. The lowest BCUT2D eigenvalue weighted by Crippen LogP contribution is -2.37. The molecule has 12 heavy (non-hydrogen) atoms. The molecule has 0 rings (SSSR count). The first-order valence-corrected chi connectivity index (χ1v) is 3.69. The largest absolute Gasteiger partial charge is 0.406 e. The molecule has 2 nitrogen and oxygen atoms in total. The number of rotatable bonds is 3. The number of nitrogens with zero attached hydrogens (tertiary/aromatic N) is 1. The fraction of sp³-hybridized carbons (Fsp3) is 0.857. The molecule has 5 heteroatoms. The van der Waals surface area contributed by atoms with Gasteiger partial charge in [-0.25, -0.2) is 0 Å². The van der Waals surface area contributed by atoms with E-state index in [1.54, 1.807) is 6.92 Å². The van der Waals surface area contributed by atoms with Gasteiger partial charge in [0.05, 0.1) is 0 Å². The smallest absolute Gasteiger partial charge is 0.334 e. The van der Waals surface area contributed by atoms with E-state index in [1.807, 2.05) is 0 Å². The number of halogens is 3. The minimum atomic E-state index is -4.29. The summed E-state index contributed by atoms with van der Waals surface area (Å²) in [5.74, 6) is -0.533. The van der Waals surface area contributed by atoms with Crippen molar-refractivity contribution in [3.8, 4) is 0 Å². The second-order valence-corrected chi connectivity index (χ2v) is 2.56. The lowest BCUT2D eigenvalue weighted by atomic mass is 10.4. The summed E-state index contributed by atoms with van der Waals surface area (Å²) in [5, 5.41) is 0. The van der Waals surface area contributed by atoms with Crippen LogP contribution in [0.2, 0.25) is 0 Å². The maximum Gasteiger partial charge on any atom is 0.406 e. The molecule has 0 fully saturated rings. The SMILES string of the molecule is CCCN(CC(F)(F)F)C(C)=O. The fourth-order valence-corrected chi connectivity index (χ4v) is 0.834. The summed E-state index contributed by atoms with van der Waals surface area (Å²) in [4.78, 5) is 11.4. The molecule has 0 aliphatic carbocycles. The molecule has 0 aliphatic heterocycles. The predicted octanol–water partition coefficient (Wildman–Crippen LogP) is 1.81. The van der Waals surface area contributed by atoms with Gasteiger partial charge in [0.25, 0.3) is 0 Å². The molecule has 0 aromatic rings. The van der Waals surface area contributed by atoms with Crippen LogP contribution in [0.1, 0.15) is 20.3 Å². The quantitative estimate of drug-likeness (QED) is 0.653. The Bertz CT molecular complexity index is 155. The van der Waals surface area contributed by atoms with Crippen molar-refractivity contribution in [2.45, 2.75) is 26.4 Å². The molecule has 0 aliphatic rings. The van der Waals surface area contributed by atoms with Crippen LogP contribution < -0.4 is 0 Å². The van der Waals surface area contributed by atoms with Gasteiger partial charge in [0.1, 0.15) is 6.54 Å². The molecular formula is C7H12F3NO. The van der Waals surface area contributed by atoms with E-state index in [2.05, 4.69) is 0 Å². The van der Waals surface area contributed by atoms with Gasteiger partial charge in [0.15, 0.2) is 0 Å². The Morgan fingerprint density at radius 1 is 1.42 bits per heavy atom. The van der Waals surface area contributed by atoms with Gasteiger partial charge in [-0.3, -0.25) is 4.79 Å². The van der Waals surface area contributed by atoms with E-state index >= 15 is 0 Å². The van der Waals surface area contributed by atoms with Crippen molar-refractivity contribution < 1.29 is 18.0 Å².